The van der Waals surface area contributed by atoms with Crippen LogP contribution in [-0.2, 0) is 0 Å². The van der Waals surface area contributed by atoms with E-state index in [-0.39, 0.29) is 11.4 Å². The lowest BCUT2D eigenvalue weighted by molar-refractivity contribution is 0.626. The minimum atomic E-state index is -0.346. The molecule has 2 aromatic heterocycles. The van der Waals surface area contributed by atoms with Crippen LogP contribution in [0.5, 0.6) is 0 Å². The van der Waals surface area contributed by atoms with Gasteiger partial charge in [-0.3, -0.25) is 9.20 Å². The zero-order chi connectivity index (χ0) is 9.42. The van der Waals surface area contributed by atoms with E-state index in [0.29, 0.717) is 9.99 Å². The minimum Gasteiger partial charge on any atom is -0.283 e. The van der Waals surface area contributed by atoms with Crippen molar-refractivity contribution < 1.29 is 4.39 Å². The molecule has 13 heavy (non-hydrogen) atoms. The van der Waals surface area contributed by atoms with Gasteiger partial charge >= 0.3 is 0 Å². The molecule has 66 valence electrons. The fourth-order valence-electron chi connectivity index (χ4n) is 1.15. The molecule has 0 N–H and O–H groups in total. The molecule has 0 saturated heterocycles. The smallest absolute Gasteiger partial charge is 0.269 e. The highest BCUT2D eigenvalue weighted by Crippen LogP contribution is 2.08. The fraction of sp³-hybridized carbons (Fsp3) is 0. The number of rotatable bonds is 0. The molecule has 0 bridgehead atoms. The van der Waals surface area contributed by atoms with Gasteiger partial charge in [-0.05, 0) is 40.2 Å². The van der Waals surface area contributed by atoms with Crippen molar-refractivity contribution >= 4 is 21.4 Å². The summed E-state index contributed by atoms with van der Waals surface area (Å²) in [6.45, 7) is 0. The Bertz CT molecular complexity index is 520. The summed E-state index contributed by atoms with van der Waals surface area (Å²) in [5, 5.41) is 0. The number of pyridine rings is 2. The average molecular weight is 242 g/mol. The van der Waals surface area contributed by atoms with Crippen molar-refractivity contribution in [3.05, 3.63) is 51.1 Å². The first-order chi connectivity index (χ1) is 6.18. The lowest BCUT2D eigenvalue weighted by Gasteiger charge is -1.99. The second kappa shape index (κ2) is 2.96. The highest BCUT2D eigenvalue weighted by molar-refractivity contribution is 9.10. The topological polar surface area (TPSA) is 21.5 Å². The number of aromatic nitrogens is 1. The molecule has 0 spiro atoms. The van der Waals surface area contributed by atoms with Crippen molar-refractivity contribution in [2.75, 3.05) is 0 Å². The minimum absolute atomic E-state index is 0.183. The second-order valence-corrected chi connectivity index (χ2v) is 3.48. The average Bonchev–Trinajstić information content (AvgIpc) is 2.12. The maximum absolute atomic E-state index is 12.7. The van der Waals surface area contributed by atoms with E-state index in [9.17, 15) is 9.18 Å². The summed E-state index contributed by atoms with van der Waals surface area (Å²) in [5.74, 6) is -0.346. The highest BCUT2D eigenvalue weighted by Gasteiger charge is 2.00. The summed E-state index contributed by atoms with van der Waals surface area (Å²) < 4.78 is 14.6. The molecule has 2 aromatic rings. The van der Waals surface area contributed by atoms with Crippen molar-refractivity contribution in [3.8, 4) is 0 Å². The molecular formula is C9H5BrFNO. The molecule has 0 aromatic carbocycles. The standard InChI is InChI=1S/C9H5BrFNO/c10-8-2-1-7-5-6(11)3-4-12(7)9(8)13/h1-5H. The first kappa shape index (κ1) is 8.44. The summed E-state index contributed by atoms with van der Waals surface area (Å²) in [6, 6.07) is 5.85. The Morgan fingerprint density at radius 3 is 2.85 bits per heavy atom. The van der Waals surface area contributed by atoms with Gasteiger partial charge in [0, 0.05) is 6.20 Å². The summed E-state index contributed by atoms with van der Waals surface area (Å²) in [4.78, 5) is 11.4. The fourth-order valence-corrected chi connectivity index (χ4v) is 1.47. The Morgan fingerprint density at radius 2 is 2.08 bits per heavy atom. The SMILES string of the molecule is O=c1c(Br)ccc2cc(F)ccn12. The van der Waals surface area contributed by atoms with Gasteiger partial charge in [0.2, 0.25) is 0 Å². The Hall–Kier alpha value is -1.16. The summed E-state index contributed by atoms with van der Waals surface area (Å²) in [6.07, 6.45) is 1.41. The maximum atomic E-state index is 12.7. The van der Waals surface area contributed by atoms with E-state index >= 15 is 0 Å². The van der Waals surface area contributed by atoms with Crippen molar-refractivity contribution in [1.29, 1.82) is 0 Å². The van der Waals surface area contributed by atoms with Crippen LogP contribution in [0.2, 0.25) is 0 Å². The van der Waals surface area contributed by atoms with Gasteiger partial charge < -0.3 is 0 Å². The largest absolute Gasteiger partial charge is 0.283 e. The second-order valence-electron chi connectivity index (χ2n) is 2.63. The Balaban J connectivity index is 2.95. The van der Waals surface area contributed by atoms with Gasteiger partial charge in [0.15, 0.2) is 0 Å². The number of nitrogens with zero attached hydrogens (tertiary/aromatic N) is 1. The number of halogens is 2. The lowest BCUT2D eigenvalue weighted by Crippen LogP contribution is -2.13. The van der Waals surface area contributed by atoms with E-state index in [1.54, 1.807) is 12.1 Å². The van der Waals surface area contributed by atoms with E-state index in [1.807, 2.05) is 0 Å². The van der Waals surface area contributed by atoms with Crippen LogP contribution in [0.25, 0.3) is 5.52 Å². The van der Waals surface area contributed by atoms with Crippen LogP contribution < -0.4 is 5.56 Å². The van der Waals surface area contributed by atoms with Gasteiger partial charge in [0.1, 0.15) is 5.82 Å². The van der Waals surface area contributed by atoms with E-state index < -0.39 is 0 Å². The molecule has 0 amide bonds. The van der Waals surface area contributed by atoms with Gasteiger partial charge in [0.25, 0.3) is 5.56 Å². The molecular weight excluding hydrogens is 237 g/mol. The van der Waals surface area contributed by atoms with Gasteiger partial charge in [-0.25, -0.2) is 4.39 Å². The van der Waals surface area contributed by atoms with Crippen LogP contribution in [0.4, 0.5) is 4.39 Å². The predicted octanol–water partition coefficient (Wildman–Crippen LogP) is 2.20. The monoisotopic (exact) mass is 241 g/mol. The molecule has 0 radical (unpaired) electrons. The van der Waals surface area contributed by atoms with Crippen LogP contribution in [0.1, 0.15) is 0 Å². The van der Waals surface area contributed by atoms with E-state index in [2.05, 4.69) is 15.9 Å². The van der Waals surface area contributed by atoms with Crippen LogP contribution in [0, 0.1) is 5.82 Å². The summed E-state index contributed by atoms with van der Waals surface area (Å²) >= 11 is 3.11. The molecule has 0 aliphatic heterocycles. The van der Waals surface area contributed by atoms with E-state index in [1.165, 1.54) is 22.7 Å². The van der Waals surface area contributed by atoms with Crippen molar-refractivity contribution in [2.24, 2.45) is 0 Å². The van der Waals surface area contributed by atoms with E-state index in [0.717, 1.165) is 0 Å². The Morgan fingerprint density at radius 1 is 1.31 bits per heavy atom. The predicted molar refractivity (Wildman–Crippen MR) is 51.3 cm³/mol. The van der Waals surface area contributed by atoms with Gasteiger partial charge in [-0.15, -0.1) is 0 Å². The highest BCUT2D eigenvalue weighted by atomic mass is 79.9. The number of hydrogen-bond donors (Lipinski definition) is 0. The quantitative estimate of drug-likeness (QED) is 0.693. The van der Waals surface area contributed by atoms with Crippen molar-refractivity contribution in [1.82, 2.24) is 4.40 Å². The summed E-state index contributed by atoms with van der Waals surface area (Å²) in [5.41, 5.74) is 0.366. The molecule has 2 heterocycles. The van der Waals surface area contributed by atoms with Gasteiger partial charge in [-0.2, -0.15) is 0 Å². The zero-order valence-corrected chi connectivity index (χ0v) is 8.08. The maximum Gasteiger partial charge on any atom is 0.269 e. The van der Waals surface area contributed by atoms with Gasteiger partial charge in [-0.1, -0.05) is 0 Å². The first-order valence-corrected chi connectivity index (χ1v) is 4.44. The Kier molecular flexibility index (Phi) is 1.92. The van der Waals surface area contributed by atoms with Gasteiger partial charge in [0.05, 0.1) is 9.99 Å². The van der Waals surface area contributed by atoms with Crippen molar-refractivity contribution in [3.63, 3.8) is 0 Å². The summed E-state index contributed by atoms with van der Waals surface area (Å²) in [7, 11) is 0. The van der Waals surface area contributed by atoms with Crippen LogP contribution in [0.15, 0.2) is 39.7 Å². The molecule has 2 nitrogen and oxygen atoms in total. The van der Waals surface area contributed by atoms with Crippen LogP contribution in [0.3, 0.4) is 0 Å². The number of fused-ring (bicyclic) bond motifs is 1. The van der Waals surface area contributed by atoms with E-state index in [4.69, 9.17) is 0 Å². The third kappa shape index (κ3) is 1.37. The van der Waals surface area contributed by atoms with Crippen LogP contribution >= 0.6 is 15.9 Å². The first-order valence-electron chi connectivity index (χ1n) is 3.65. The molecule has 0 aliphatic rings. The van der Waals surface area contributed by atoms with Crippen LogP contribution in [-0.4, -0.2) is 4.40 Å². The third-order valence-electron chi connectivity index (χ3n) is 1.77. The molecule has 2 rings (SSSR count). The molecule has 0 fully saturated rings. The lowest BCUT2D eigenvalue weighted by atomic mass is 10.3. The third-order valence-corrected chi connectivity index (χ3v) is 2.37. The molecule has 0 unspecified atom stereocenters. The molecule has 0 atom stereocenters. The molecule has 0 saturated carbocycles. The Labute approximate surface area is 81.8 Å². The molecule has 4 heteroatoms. The zero-order valence-electron chi connectivity index (χ0n) is 6.50. The normalized spacial score (nSPS) is 10.6. The number of hydrogen-bond acceptors (Lipinski definition) is 1. The molecule has 0 aliphatic carbocycles. The van der Waals surface area contributed by atoms with Crippen molar-refractivity contribution in [2.45, 2.75) is 0 Å².